The predicted molar refractivity (Wildman–Crippen MR) is 167 cm³/mol. The SMILES string of the molecule is CC(=O)Nc1ccc(-c2[nH]ncc2CN(C)CCN)cc1.CC(=O)Nc1ccc(-c2[nH]ncc2CN(C)CCN)cc1. The van der Waals surface area contributed by atoms with Gasteiger partial charge < -0.3 is 31.9 Å². The van der Waals surface area contributed by atoms with Crippen molar-refractivity contribution in [3.05, 3.63) is 72.1 Å². The van der Waals surface area contributed by atoms with Crippen molar-refractivity contribution in [3.63, 3.8) is 0 Å². The summed E-state index contributed by atoms with van der Waals surface area (Å²) in [5.74, 6) is -0.151. The highest BCUT2D eigenvalue weighted by atomic mass is 16.2. The molecule has 12 heteroatoms. The van der Waals surface area contributed by atoms with Crippen LogP contribution in [0.5, 0.6) is 0 Å². The summed E-state index contributed by atoms with van der Waals surface area (Å²) in [6.45, 7) is 7.51. The Morgan fingerprint density at radius 3 is 1.36 bits per heavy atom. The fraction of sp³-hybridized carbons (Fsp3) is 0.333. The summed E-state index contributed by atoms with van der Waals surface area (Å²) in [5, 5.41) is 19.8. The summed E-state index contributed by atoms with van der Waals surface area (Å²) in [4.78, 5) is 26.3. The highest BCUT2D eigenvalue weighted by molar-refractivity contribution is 5.89. The number of H-pyrrole nitrogens is 2. The van der Waals surface area contributed by atoms with Crippen molar-refractivity contribution >= 4 is 23.2 Å². The molecule has 0 aliphatic heterocycles. The average molecular weight is 575 g/mol. The third-order valence-electron chi connectivity index (χ3n) is 6.33. The van der Waals surface area contributed by atoms with Crippen LogP contribution in [0.25, 0.3) is 22.5 Å². The smallest absolute Gasteiger partial charge is 0.221 e. The van der Waals surface area contributed by atoms with Gasteiger partial charge in [-0.15, -0.1) is 0 Å². The normalized spacial score (nSPS) is 10.9. The molecule has 2 aromatic carbocycles. The number of carbonyl (C=O) groups excluding carboxylic acids is 2. The van der Waals surface area contributed by atoms with E-state index in [0.29, 0.717) is 13.1 Å². The van der Waals surface area contributed by atoms with Crippen LogP contribution in [0.1, 0.15) is 25.0 Å². The van der Waals surface area contributed by atoms with Crippen LogP contribution >= 0.6 is 0 Å². The number of nitrogens with zero attached hydrogens (tertiary/aromatic N) is 4. The van der Waals surface area contributed by atoms with Crippen molar-refractivity contribution in [2.75, 3.05) is 50.9 Å². The molecule has 42 heavy (non-hydrogen) atoms. The van der Waals surface area contributed by atoms with Crippen LogP contribution < -0.4 is 22.1 Å². The van der Waals surface area contributed by atoms with Gasteiger partial charge in [0.15, 0.2) is 0 Å². The van der Waals surface area contributed by atoms with Crippen LogP contribution in [-0.4, -0.2) is 82.3 Å². The third kappa shape index (κ3) is 9.93. The highest BCUT2D eigenvalue weighted by Crippen LogP contribution is 2.25. The molecular formula is C30H42N10O2. The van der Waals surface area contributed by atoms with Gasteiger partial charge in [0.1, 0.15) is 0 Å². The summed E-state index contributed by atoms with van der Waals surface area (Å²) in [6.07, 6.45) is 3.67. The molecular weight excluding hydrogens is 532 g/mol. The van der Waals surface area contributed by atoms with Crippen molar-refractivity contribution in [1.82, 2.24) is 30.2 Å². The molecule has 2 amide bonds. The van der Waals surface area contributed by atoms with Crippen LogP contribution in [0.15, 0.2) is 60.9 Å². The Labute approximate surface area is 246 Å². The van der Waals surface area contributed by atoms with Gasteiger partial charge in [0.2, 0.25) is 11.8 Å². The fourth-order valence-corrected chi connectivity index (χ4v) is 4.39. The van der Waals surface area contributed by atoms with Crippen molar-refractivity contribution in [1.29, 1.82) is 0 Å². The number of nitrogens with two attached hydrogens (primary N) is 2. The summed E-state index contributed by atoms with van der Waals surface area (Å²) in [7, 11) is 4.06. The van der Waals surface area contributed by atoms with E-state index in [0.717, 1.165) is 71.2 Å². The lowest BCUT2D eigenvalue weighted by atomic mass is 10.1. The quantitative estimate of drug-likeness (QED) is 0.150. The maximum Gasteiger partial charge on any atom is 0.221 e. The molecule has 12 nitrogen and oxygen atoms in total. The number of benzene rings is 2. The summed E-state index contributed by atoms with van der Waals surface area (Å²) >= 11 is 0. The van der Waals surface area contributed by atoms with Crippen molar-refractivity contribution < 1.29 is 9.59 Å². The lowest BCUT2D eigenvalue weighted by Gasteiger charge is -2.15. The molecule has 0 saturated heterocycles. The Kier molecular flexibility index (Phi) is 12.4. The van der Waals surface area contributed by atoms with Crippen LogP contribution in [0, 0.1) is 0 Å². The van der Waals surface area contributed by atoms with E-state index in [1.165, 1.54) is 13.8 Å². The number of amides is 2. The third-order valence-corrected chi connectivity index (χ3v) is 6.33. The second-order valence-electron chi connectivity index (χ2n) is 10.1. The maximum absolute atomic E-state index is 11.0. The summed E-state index contributed by atoms with van der Waals surface area (Å²) in [5.41, 5.74) is 19.0. The number of aromatic amines is 2. The van der Waals surface area contributed by atoms with Gasteiger partial charge in [0, 0.05) is 86.7 Å². The number of nitrogens with one attached hydrogen (secondary N) is 4. The lowest BCUT2D eigenvalue weighted by molar-refractivity contribution is -0.115. The van der Waals surface area contributed by atoms with E-state index in [1.54, 1.807) is 0 Å². The Morgan fingerprint density at radius 2 is 1.05 bits per heavy atom. The summed E-state index contributed by atoms with van der Waals surface area (Å²) in [6, 6.07) is 15.4. The lowest BCUT2D eigenvalue weighted by Crippen LogP contribution is -2.25. The first-order valence-corrected chi connectivity index (χ1v) is 13.8. The molecule has 8 N–H and O–H groups in total. The molecule has 0 unspecified atom stereocenters. The highest BCUT2D eigenvalue weighted by Gasteiger charge is 2.11. The molecule has 4 rings (SSSR count). The van der Waals surface area contributed by atoms with E-state index < -0.39 is 0 Å². The molecule has 0 fully saturated rings. The van der Waals surface area contributed by atoms with Gasteiger partial charge in [-0.1, -0.05) is 24.3 Å². The molecule has 0 aliphatic carbocycles. The molecule has 0 bridgehead atoms. The number of rotatable bonds is 12. The van der Waals surface area contributed by atoms with Crippen molar-refractivity contribution in [2.45, 2.75) is 26.9 Å². The molecule has 2 aromatic heterocycles. The Balaban J connectivity index is 0.000000230. The molecule has 0 spiro atoms. The fourth-order valence-electron chi connectivity index (χ4n) is 4.39. The molecule has 0 aliphatic rings. The largest absolute Gasteiger partial charge is 0.329 e. The Hall–Kier alpha value is -4.36. The Bertz CT molecular complexity index is 1290. The van der Waals surface area contributed by atoms with E-state index in [1.807, 2.05) is 75.0 Å². The van der Waals surface area contributed by atoms with Crippen LogP contribution in [0.4, 0.5) is 11.4 Å². The topological polar surface area (TPSA) is 174 Å². The van der Waals surface area contributed by atoms with Crippen molar-refractivity contribution in [2.24, 2.45) is 11.5 Å². The summed E-state index contributed by atoms with van der Waals surface area (Å²) < 4.78 is 0. The number of hydrogen-bond donors (Lipinski definition) is 6. The zero-order chi connectivity index (χ0) is 30.5. The van der Waals surface area contributed by atoms with Gasteiger partial charge in [-0.25, -0.2) is 0 Å². The molecule has 4 aromatic rings. The van der Waals surface area contributed by atoms with E-state index >= 15 is 0 Å². The molecule has 2 heterocycles. The van der Waals surface area contributed by atoms with E-state index in [9.17, 15) is 9.59 Å². The van der Waals surface area contributed by atoms with Gasteiger partial charge in [0.25, 0.3) is 0 Å². The van der Waals surface area contributed by atoms with E-state index in [2.05, 4.69) is 40.8 Å². The molecule has 0 saturated carbocycles. The first-order chi connectivity index (χ1) is 20.2. The monoisotopic (exact) mass is 574 g/mol. The molecule has 0 atom stereocenters. The number of likely N-dealkylation sites (N-methyl/N-ethyl adjacent to an activating group) is 2. The van der Waals surface area contributed by atoms with Gasteiger partial charge in [0.05, 0.1) is 23.8 Å². The number of carbonyl (C=O) groups is 2. The first kappa shape index (κ1) is 32.2. The van der Waals surface area contributed by atoms with Crippen LogP contribution in [-0.2, 0) is 22.7 Å². The van der Waals surface area contributed by atoms with E-state index in [4.69, 9.17) is 11.5 Å². The average Bonchev–Trinajstić information content (AvgIpc) is 3.59. The minimum atomic E-state index is -0.0756. The Morgan fingerprint density at radius 1 is 0.690 bits per heavy atom. The number of anilines is 2. The minimum Gasteiger partial charge on any atom is -0.329 e. The first-order valence-electron chi connectivity index (χ1n) is 13.8. The van der Waals surface area contributed by atoms with Gasteiger partial charge in [-0.2, -0.15) is 10.2 Å². The molecule has 0 radical (unpaired) electrons. The zero-order valence-electron chi connectivity index (χ0n) is 24.8. The minimum absolute atomic E-state index is 0.0756. The van der Waals surface area contributed by atoms with Gasteiger partial charge >= 0.3 is 0 Å². The maximum atomic E-state index is 11.0. The molecule has 224 valence electrons. The number of aromatic nitrogens is 4. The van der Waals surface area contributed by atoms with Gasteiger partial charge in [-0.3, -0.25) is 19.8 Å². The second-order valence-corrected chi connectivity index (χ2v) is 10.1. The van der Waals surface area contributed by atoms with E-state index in [-0.39, 0.29) is 11.8 Å². The number of hydrogen-bond acceptors (Lipinski definition) is 8. The zero-order valence-corrected chi connectivity index (χ0v) is 24.8. The van der Waals surface area contributed by atoms with Crippen LogP contribution in [0.2, 0.25) is 0 Å². The van der Waals surface area contributed by atoms with Crippen LogP contribution in [0.3, 0.4) is 0 Å². The standard InChI is InChI=1S/2C15H21N5O/c2*1-11(21)18-14-5-3-12(4-6-14)15-13(9-17-19-15)10-20(2)8-7-16/h2*3-6,9H,7-8,10,16H2,1-2H3,(H,17,19)(H,18,21). The van der Waals surface area contributed by atoms with Gasteiger partial charge in [-0.05, 0) is 38.4 Å². The van der Waals surface area contributed by atoms with Crippen molar-refractivity contribution in [3.8, 4) is 22.5 Å². The second kappa shape index (κ2) is 16.2. The predicted octanol–water partition coefficient (Wildman–Crippen LogP) is 2.85.